The lowest BCUT2D eigenvalue weighted by molar-refractivity contribution is 0.517. The molecule has 1 aromatic carbocycles. The Hall–Kier alpha value is -0.820. The van der Waals surface area contributed by atoms with Gasteiger partial charge >= 0.3 is 0 Å². The zero-order valence-electron chi connectivity index (χ0n) is 9.91. The van der Waals surface area contributed by atoms with E-state index in [-0.39, 0.29) is 11.9 Å². The Kier molecular flexibility index (Phi) is 5.04. The highest BCUT2D eigenvalue weighted by Gasteiger charge is 2.17. The molecule has 1 aromatic heterocycles. The van der Waals surface area contributed by atoms with Gasteiger partial charge in [-0.1, -0.05) is 15.9 Å². The fraction of sp³-hybridized carbons (Fsp3) is 0.154. The Bertz CT molecular complexity index is 578. The van der Waals surface area contributed by atoms with Gasteiger partial charge in [0, 0.05) is 15.1 Å². The molecule has 0 fully saturated rings. The van der Waals surface area contributed by atoms with Crippen molar-refractivity contribution in [2.75, 3.05) is 0 Å². The van der Waals surface area contributed by atoms with Crippen LogP contribution < -0.4 is 11.3 Å². The molecule has 0 amide bonds. The average molecular weight is 389 g/mol. The summed E-state index contributed by atoms with van der Waals surface area (Å²) in [5, 5.41) is 0. The number of aromatic nitrogens is 1. The van der Waals surface area contributed by atoms with E-state index < -0.39 is 0 Å². The van der Waals surface area contributed by atoms with Gasteiger partial charge in [-0.15, -0.1) is 0 Å². The predicted molar refractivity (Wildman–Crippen MR) is 79.8 cm³/mol. The lowest BCUT2D eigenvalue weighted by Crippen LogP contribution is -2.30. The lowest BCUT2D eigenvalue weighted by Gasteiger charge is -2.17. The summed E-state index contributed by atoms with van der Waals surface area (Å²) in [6.45, 7) is 0. The average Bonchev–Trinajstić information content (AvgIpc) is 2.41. The molecule has 19 heavy (non-hydrogen) atoms. The molecule has 0 radical (unpaired) electrons. The van der Waals surface area contributed by atoms with Gasteiger partial charge in [0.15, 0.2) is 0 Å². The second kappa shape index (κ2) is 6.56. The van der Waals surface area contributed by atoms with Crippen LogP contribution in [-0.4, -0.2) is 4.98 Å². The van der Waals surface area contributed by atoms with Gasteiger partial charge in [-0.05, 0) is 58.2 Å². The Morgan fingerprint density at radius 3 is 2.79 bits per heavy atom. The van der Waals surface area contributed by atoms with Crippen LogP contribution in [-0.2, 0) is 6.42 Å². The summed E-state index contributed by atoms with van der Waals surface area (Å²) in [5.41, 5.74) is 4.01. The summed E-state index contributed by atoms with van der Waals surface area (Å²) >= 11 is 6.76. The van der Waals surface area contributed by atoms with Crippen LogP contribution in [0.2, 0.25) is 0 Å². The van der Waals surface area contributed by atoms with Crippen LogP contribution in [0, 0.1) is 5.82 Å². The minimum absolute atomic E-state index is 0.254. The number of nitrogens with two attached hydrogens (primary N) is 1. The maximum Gasteiger partial charge on any atom is 0.126 e. The smallest absolute Gasteiger partial charge is 0.126 e. The van der Waals surface area contributed by atoms with Crippen LogP contribution in [0.15, 0.2) is 45.5 Å². The Balaban J connectivity index is 2.29. The molecule has 1 heterocycles. The molecule has 3 N–H and O–H groups in total. The largest absolute Gasteiger partial charge is 0.271 e. The topological polar surface area (TPSA) is 50.9 Å². The van der Waals surface area contributed by atoms with Crippen LogP contribution in [0.1, 0.15) is 17.3 Å². The van der Waals surface area contributed by atoms with Crippen LogP contribution in [0.3, 0.4) is 0 Å². The minimum Gasteiger partial charge on any atom is -0.271 e. The first-order chi connectivity index (χ1) is 9.11. The molecule has 0 aliphatic carbocycles. The van der Waals surface area contributed by atoms with E-state index in [1.165, 1.54) is 6.07 Å². The lowest BCUT2D eigenvalue weighted by atomic mass is 10.0. The number of hydrogen-bond donors (Lipinski definition) is 2. The molecular weight excluding hydrogens is 377 g/mol. The molecular formula is C13H12Br2FN3. The van der Waals surface area contributed by atoms with E-state index >= 15 is 0 Å². The van der Waals surface area contributed by atoms with E-state index in [4.69, 9.17) is 5.84 Å². The molecule has 1 unspecified atom stereocenters. The number of hydrazine groups is 1. The second-order valence-electron chi connectivity index (χ2n) is 4.03. The molecule has 1 atom stereocenters. The summed E-state index contributed by atoms with van der Waals surface area (Å²) in [7, 11) is 0. The third-order valence-electron chi connectivity index (χ3n) is 2.75. The standard InChI is InChI=1S/C13H12Br2FN3/c14-9-3-4-11(16)8(6-9)7-12(19-17)13-10(15)2-1-5-18-13/h1-6,12,19H,7,17H2. The van der Waals surface area contributed by atoms with E-state index in [9.17, 15) is 4.39 Å². The molecule has 0 saturated carbocycles. The highest BCUT2D eigenvalue weighted by molar-refractivity contribution is 9.10. The maximum atomic E-state index is 13.8. The van der Waals surface area contributed by atoms with Crippen molar-refractivity contribution in [2.45, 2.75) is 12.5 Å². The van der Waals surface area contributed by atoms with Gasteiger partial charge in [0.1, 0.15) is 5.82 Å². The normalized spacial score (nSPS) is 12.4. The molecule has 100 valence electrons. The quantitative estimate of drug-likeness (QED) is 0.622. The zero-order chi connectivity index (χ0) is 13.8. The minimum atomic E-state index is -0.264. The summed E-state index contributed by atoms with van der Waals surface area (Å²) in [6.07, 6.45) is 2.10. The molecule has 0 aliphatic heterocycles. The molecule has 0 spiro atoms. The van der Waals surface area contributed by atoms with E-state index in [2.05, 4.69) is 42.3 Å². The predicted octanol–water partition coefficient (Wildman–Crippen LogP) is 3.49. The molecule has 0 saturated heterocycles. The van der Waals surface area contributed by atoms with Gasteiger partial charge in [-0.25, -0.2) is 4.39 Å². The van der Waals surface area contributed by atoms with Crippen LogP contribution in [0.25, 0.3) is 0 Å². The van der Waals surface area contributed by atoms with E-state index in [0.717, 1.165) is 14.6 Å². The number of nitrogens with one attached hydrogen (secondary N) is 1. The van der Waals surface area contributed by atoms with Crippen LogP contribution >= 0.6 is 31.9 Å². The van der Waals surface area contributed by atoms with Gasteiger partial charge in [0.25, 0.3) is 0 Å². The first-order valence-corrected chi connectivity index (χ1v) is 7.21. The van der Waals surface area contributed by atoms with Crippen molar-refractivity contribution in [2.24, 2.45) is 5.84 Å². The van der Waals surface area contributed by atoms with Crippen molar-refractivity contribution in [1.29, 1.82) is 0 Å². The molecule has 6 heteroatoms. The van der Waals surface area contributed by atoms with Crippen molar-refractivity contribution >= 4 is 31.9 Å². The first kappa shape index (κ1) is 14.6. The number of pyridine rings is 1. The number of rotatable bonds is 4. The van der Waals surface area contributed by atoms with Gasteiger partial charge in [0.2, 0.25) is 0 Å². The fourth-order valence-corrected chi connectivity index (χ4v) is 2.75. The van der Waals surface area contributed by atoms with Gasteiger partial charge in [-0.3, -0.25) is 16.3 Å². The SMILES string of the molecule is NNC(Cc1cc(Br)ccc1F)c1ncccc1Br. The van der Waals surface area contributed by atoms with Crippen molar-refractivity contribution < 1.29 is 4.39 Å². The van der Waals surface area contributed by atoms with Crippen LogP contribution in [0.4, 0.5) is 4.39 Å². The fourth-order valence-electron chi connectivity index (χ4n) is 1.81. The highest BCUT2D eigenvalue weighted by Crippen LogP contribution is 2.25. The van der Waals surface area contributed by atoms with Crippen molar-refractivity contribution in [1.82, 2.24) is 10.4 Å². The summed E-state index contributed by atoms with van der Waals surface area (Å²) < 4.78 is 15.4. The summed E-state index contributed by atoms with van der Waals surface area (Å²) in [5.74, 6) is 5.31. The Morgan fingerprint density at radius 1 is 1.32 bits per heavy atom. The van der Waals surface area contributed by atoms with Gasteiger partial charge < -0.3 is 0 Å². The molecule has 2 aromatic rings. The number of halogens is 3. The monoisotopic (exact) mass is 387 g/mol. The van der Waals surface area contributed by atoms with Gasteiger partial charge in [0.05, 0.1) is 11.7 Å². The number of benzene rings is 1. The van der Waals surface area contributed by atoms with Crippen molar-refractivity contribution in [3.05, 3.63) is 62.5 Å². The third-order valence-corrected chi connectivity index (χ3v) is 3.91. The number of hydrogen-bond acceptors (Lipinski definition) is 3. The molecule has 0 aliphatic rings. The molecule has 2 rings (SSSR count). The first-order valence-electron chi connectivity index (χ1n) is 5.62. The maximum absolute atomic E-state index is 13.8. The third kappa shape index (κ3) is 3.60. The van der Waals surface area contributed by atoms with E-state index in [0.29, 0.717) is 12.0 Å². The second-order valence-corrected chi connectivity index (χ2v) is 5.80. The van der Waals surface area contributed by atoms with E-state index in [1.807, 2.05) is 12.1 Å². The van der Waals surface area contributed by atoms with Crippen LogP contribution in [0.5, 0.6) is 0 Å². The van der Waals surface area contributed by atoms with Crippen molar-refractivity contribution in [3.63, 3.8) is 0 Å². The van der Waals surface area contributed by atoms with Gasteiger partial charge in [-0.2, -0.15) is 0 Å². The zero-order valence-corrected chi connectivity index (χ0v) is 13.1. The Labute approximate surface area is 127 Å². The van der Waals surface area contributed by atoms with E-state index in [1.54, 1.807) is 18.3 Å². The van der Waals surface area contributed by atoms with Crippen molar-refractivity contribution in [3.8, 4) is 0 Å². The molecule has 0 bridgehead atoms. The summed E-state index contributed by atoms with van der Waals surface area (Å²) in [4.78, 5) is 4.27. The number of nitrogens with zero attached hydrogens (tertiary/aromatic N) is 1. The summed E-state index contributed by atoms with van der Waals surface area (Å²) in [6, 6.07) is 8.28. The highest BCUT2D eigenvalue weighted by atomic mass is 79.9. The Morgan fingerprint density at radius 2 is 2.11 bits per heavy atom. The molecule has 3 nitrogen and oxygen atoms in total.